The van der Waals surface area contributed by atoms with E-state index in [2.05, 4.69) is 10.6 Å². The molecule has 0 saturated carbocycles. The predicted molar refractivity (Wildman–Crippen MR) is 69.6 cm³/mol. The molecular formula is C13H19N3O3. The van der Waals surface area contributed by atoms with E-state index in [0.29, 0.717) is 18.7 Å². The van der Waals surface area contributed by atoms with Crippen molar-refractivity contribution in [2.75, 3.05) is 13.6 Å². The quantitative estimate of drug-likeness (QED) is 0.861. The largest absolute Gasteiger partial charge is 0.464 e. The molecule has 6 heteroatoms. The lowest BCUT2D eigenvalue weighted by molar-refractivity contribution is -0.126. The Morgan fingerprint density at radius 2 is 2.26 bits per heavy atom. The molecule has 3 amide bonds. The maximum absolute atomic E-state index is 11.8. The first kappa shape index (κ1) is 13.5. The highest BCUT2D eigenvalue weighted by Gasteiger charge is 2.28. The standard InChI is InChI=1S/C13H19N3O3/c1-8-4-5-11(19-8)9(2)14-13(18)15-10-6-12(17)16(3)7-10/h4-5,9-10H,6-7H2,1-3H3,(H2,14,15,18)/t9-,10-/m1/s1. The number of carbonyl (C=O) groups is 2. The van der Waals surface area contributed by atoms with E-state index in [4.69, 9.17) is 4.42 Å². The fourth-order valence-corrected chi connectivity index (χ4v) is 2.14. The van der Waals surface area contributed by atoms with Crippen molar-refractivity contribution >= 4 is 11.9 Å². The lowest BCUT2D eigenvalue weighted by Crippen LogP contribution is -2.43. The minimum Gasteiger partial charge on any atom is -0.464 e. The van der Waals surface area contributed by atoms with Crippen LogP contribution in [0.5, 0.6) is 0 Å². The van der Waals surface area contributed by atoms with E-state index >= 15 is 0 Å². The molecular weight excluding hydrogens is 246 g/mol. The molecule has 1 aromatic rings. The monoisotopic (exact) mass is 265 g/mol. The van der Waals surface area contributed by atoms with Crippen LogP contribution in [0.25, 0.3) is 0 Å². The summed E-state index contributed by atoms with van der Waals surface area (Å²) in [5.41, 5.74) is 0. The van der Waals surface area contributed by atoms with E-state index in [0.717, 1.165) is 5.76 Å². The highest BCUT2D eigenvalue weighted by atomic mass is 16.3. The van der Waals surface area contributed by atoms with E-state index in [1.54, 1.807) is 11.9 Å². The zero-order valence-corrected chi connectivity index (χ0v) is 11.4. The first-order valence-corrected chi connectivity index (χ1v) is 6.33. The number of hydrogen-bond donors (Lipinski definition) is 2. The van der Waals surface area contributed by atoms with Crippen molar-refractivity contribution < 1.29 is 14.0 Å². The minimum atomic E-state index is -0.283. The zero-order valence-electron chi connectivity index (χ0n) is 11.4. The van der Waals surface area contributed by atoms with E-state index in [9.17, 15) is 9.59 Å². The number of likely N-dealkylation sites (N-methyl/N-ethyl adjacent to an activating group) is 1. The molecule has 0 bridgehead atoms. The Morgan fingerprint density at radius 1 is 1.53 bits per heavy atom. The van der Waals surface area contributed by atoms with E-state index < -0.39 is 0 Å². The van der Waals surface area contributed by atoms with Crippen LogP contribution in [0.15, 0.2) is 16.5 Å². The Bertz CT molecular complexity index is 483. The summed E-state index contributed by atoms with van der Waals surface area (Å²) in [5.74, 6) is 1.58. The molecule has 0 unspecified atom stereocenters. The van der Waals surface area contributed by atoms with Crippen LogP contribution in [0.3, 0.4) is 0 Å². The number of aryl methyl sites for hydroxylation is 1. The van der Waals surface area contributed by atoms with E-state index in [1.165, 1.54) is 0 Å². The highest BCUT2D eigenvalue weighted by molar-refractivity contribution is 5.81. The SMILES string of the molecule is Cc1ccc([C@@H](C)NC(=O)N[C@@H]2CC(=O)N(C)C2)o1. The molecule has 2 N–H and O–H groups in total. The van der Waals surface area contributed by atoms with Crippen LogP contribution in [-0.4, -0.2) is 36.5 Å². The molecule has 2 atom stereocenters. The van der Waals surface area contributed by atoms with Gasteiger partial charge in [-0.25, -0.2) is 4.79 Å². The summed E-state index contributed by atoms with van der Waals surface area (Å²) >= 11 is 0. The van der Waals surface area contributed by atoms with Crippen molar-refractivity contribution in [2.24, 2.45) is 0 Å². The fourth-order valence-electron chi connectivity index (χ4n) is 2.14. The van der Waals surface area contributed by atoms with Gasteiger partial charge in [0, 0.05) is 20.0 Å². The van der Waals surface area contributed by atoms with Gasteiger partial charge in [0.2, 0.25) is 5.91 Å². The molecule has 1 aromatic heterocycles. The molecule has 0 aliphatic carbocycles. The number of likely N-dealkylation sites (tertiary alicyclic amines) is 1. The molecule has 0 spiro atoms. The summed E-state index contributed by atoms with van der Waals surface area (Å²) in [4.78, 5) is 24.8. The van der Waals surface area contributed by atoms with Crippen molar-refractivity contribution in [3.63, 3.8) is 0 Å². The second-order valence-electron chi connectivity index (χ2n) is 4.96. The van der Waals surface area contributed by atoms with Crippen molar-refractivity contribution in [3.05, 3.63) is 23.7 Å². The lowest BCUT2D eigenvalue weighted by atomic mass is 10.2. The molecule has 19 heavy (non-hydrogen) atoms. The number of nitrogens with zero attached hydrogens (tertiary/aromatic N) is 1. The van der Waals surface area contributed by atoms with Gasteiger partial charge in [0.15, 0.2) is 0 Å². The summed E-state index contributed by atoms with van der Waals surface area (Å²) in [6.07, 6.45) is 0.359. The van der Waals surface area contributed by atoms with Gasteiger partial charge in [-0.05, 0) is 26.0 Å². The first-order chi connectivity index (χ1) is 8.95. The van der Waals surface area contributed by atoms with Crippen LogP contribution in [0.1, 0.15) is 30.9 Å². The van der Waals surface area contributed by atoms with Gasteiger partial charge in [-0.1, -0.05) is 0 Å². The predicted octanol–water partition coefficient (Wildman–Crippen LogP) is 1.18. The third kappa shape index (κ3) is 3.27. The average Bonchev–Trinajstić information content (AvgIpc) is 2.86. The van der Waals surface area contributed by atoms with Crippen molar-refractivity contribution in [3.8, 4) is 0 Å². The molecule has 2 rings (SSSR count). The smallest absolute Gasteiger partial charge is 0.315 e. The highest BCUT2D eigenvalue weighted by Crippen LogP contribution is 2.15. The average molecular weight is 265 g/mol. The number of urea groups is 1. The molecule has 0 radical (unpaired) electrons. The number of carbonyl (C=O) groups excluding carboxylic acids is 2. The lowest BCUT2D eigenvalue weighted by Gasteiger charge is -2.16. The van der Waals surface area contributed by atoms with Crippen LogP contribution in [0.4, 0.5) is 4.79 Å². The minimum absolute atomic E-state index is 0.0556. The first-order valence-electron chi connectivity index (χ1n) is 6.33. The molecule has 0 aromatic carbocycles. The van der Waals surface area contributed by atoms with Crippen molar-refractivity contribution in [1.82, 2.24) is 15.5 Å². The third-order valence-corrected chi connectivity index (χ3v) is 3.21. The third-order valence-electron chi connectivity index (χ3n) is 3.21. The Morgan fingerprint density at radius 3 is 2.79 bits per heavy atom. The van der Waals surface area contributed by atoms with Crippen LogP contribution < -0.4 is 10.6 Å². The van der Waals surface area contributed by atoms with E-state index in [-0.39, 0.29) is 24.0 Å². The summed E-state index contributed by atoms with van der Waals surface area (Å²) in [7, 11) is 1.73. The van der Waals surface area contributed by atoms with Crippen LogP contribution >= 0.6 is 0 Å². The summed E-state index contributed by atoms with van der Waals surface area (Å²) in [6.45, 7) is 4.26. The van der Waals surface area contributed by atoms with Gasteiger partial charge >= 0.3 is 6.03 Å². The van der Waals surface area contributed by atoms with Crippen LogP contribution in [-0.2, 0) is 4.79 Å². The van der Waals surface area contributed by atoms with Gasteiger partial charge in [0.25, 0.3) is 0 Å². The van der Waals surface area contributed by atoms with Gasteiger partial charge in [-0.15, -0.1) is 0 Å². The molecule has 104 valence electrons. The van der Waals surface area contributed by atoms with Crippen LogP contribution in [0.2, 0.25) is 0 Å². The van der Waals surface area contributed by atoms with Gasteiger partial charge in [-0.2, -0.15) is 0 Å². The molecule has 2 heterocycles. The molecule has 1 saturated heterocycles. The Hall–Kier alpha value is -1.98. The van der Waals surface area contributed by atoms with Crippen molar-refractivity contribution in [1.29, 1.82) is 0 Å². The maximum atomic E-state index is 11.8. The second kappa shape index (κ2) is 5.34. The van der Waals surface area contributed by atoms with Gasteiger partial charge in [-0.3, -0.25) is 4.79 Å². The van der Waals surface area contributed by atoms with Gasteiger partial charge in [0.05, 0.1) is 12.1 Å². The molecule has 1 aliphatic heterocycles. The molecule has 1 aliphatic rings. The molecule has 1 fully saturated rings. The molecule has 6 nitrogen and oxygen atoms in total. The van der Waals surface area contributed by atoms with Crippen molar-refractivity contribution in [2.45, 2.75) is 32.4 Å². The van der Waals surface area contributed by atoms with Gasteiger partial charge in [0.1, 0.15) is 11.5 Å². The Balaban J connectivity index is 1.83. The zero-order chi connectivity index (χ0) is 14.0. The number of hydrogen-bond acceptors (Lipinski definition) is 3. The second-order valence-corrected chi connectivity index (χ2v) is 4.96. The number of amides is 3. The normalized spacial score (nSPS) is 20.5. The topological polar surface area (TPSA) is 74.6 Å². The number of rotatable bonds is 3. The van der Waals surface area contributed by atoms with Crippen LogP contribution in [0, 0.1) is 6.92 Å². The maximum Gasteiger partial charge on any atom is 0.315 e. The Labute approximate surface area is 112 Å². The summed E-state index contributed by atoms with van der Waals surface area (Å²) < 4.78 is 5.45. The number of nitrogens with one attached hydrogen (secondary N) is 2. The number of furan rings is 1. The Kier molecular flexibility index (Phi) is 3.78. The fraction of sp³-hybridized carbons (Fsp3) is 0.538. The summed E-state index contributed by atoms with van der Waals surface area (Å²) in [6, 6.07) is 3.09. The summed E-state index contributed by atoms with van der Waals surface area (Å²) in [5, 5.41) is 5.59. The van der Waals surface area contributed by atoms with E-state index in [1.807, 2.05) is 26.0 Å². The van der Waals surface area contributed by atoms with Gasteiger partial charge < -0.3 is 20.0 Å².